The number of rotatable bonds is 3. The maximum atomic E-state index is 5.57. The van der Waals surface area contributed by atoms with E-state index < -0.39 is 0 Å². The fourth-order valence-electron chi connectivity index (χ4n) is 1.32. The number of anilines is 1. The lowest BCUT2D eigenvalue weighted by Crippen LogP contribution is -2.07. The van der Waals surface area contributed by atoms with E-state index in [-0.39, 0.29) is 0 Å². The van der Waals surface area contributed by atoms with Crippen molar-refractivity contribution in [2.45, 2.75) is 6.54 Å². The molecule has 15 heavy (non-hydrogen) atoms. The molecule has 2 rings (SSSR count). The van der Waals surface area contributed by atoms with E-state index in [1.807, 2.05) is 24.3 Å². The SMILES string of the molecule is COc1ccccc1Cn1nnnc1N. The van der Waals surface area contributed by atoms with Gasteiger partial charge in [-0.1, -0.05) is 23.3 Å². The Labute approximate surface area is 86.7 Å². The van der Waals surface area contributed by atoms with E-state index >= 15 is 0 Å². The largest absolute Gasteiger partial charge is 0.496 e. The maximum Gasteiger partial charge on any atom is 0.240 e. The molecule has 1 heterocycles. The van der Waals surface area contributed by atoms with Crippen molar-refractivity contribution in [2.24, 2.45) is 0 Å². The van der Waals surface area contributed by atoms with Gasteiger partial charge in [0.05, 0.1) is 13.7 Å². The normalized spacial score (nSPS) is 10.2. The molecule has 0 spiro atoms. The van der Waals surface area contributed by atoms with Crippen LogP contribution >= 0.6 is 0 Å². The number of tetrazole rings is 1. The van der Waals surface area contributed by atoms with Crippen LogP contribution in [0, 0.1) is 0 Å². The molecular formula is C9H11N5O. The Bertz CT molecular complexity index is 453. The van der Waals surface area contributed by atoms with E-state index in [1.54, 1.807) is 7.11 Å². The van der Waals surface area contributed by atoms with Crippen LogP contribution in [0.15, 0.2) is 24.3 Å². The monoisotopic (exact) mass is 205 g/mol. The van der Waals surface area contributed by atoms with Crippen LogP contribution in [0.1, 0.15) is 5.56 Å². The highest BCUT2D eigenvalue weighted by Crippen LogP contribution is 2.18. The zero-order valence-corrected chi connectivity index (χ0v) is 8.29. The third-order valence-electron chi connectivity index (χ3n) is 2.07. The summed E-state index contributed by atoms with van der Waals surface area (Å²) in [7, 11) is 1.63. The van der Waals surface area contributed by atoms with Gasteiger partial charge in [-0.25, -0.2) is 4.68 Å². The van der Waals surface area contributed by atoms with E-state index in [9.17, 15) is 0 Å². The predicted molar refractivity (Wildman–Crippen MR) is 54.3 cm³/mol. The maximum absolute atomic E-state index is 5.57. The summed E-state index contributed by atoms with van der Waals surface area (Å²) >= 11 is 0. The molecule has 0 radical (unpaired) electrons. The minimum atomic E-state index is 0.293. The fourth-order valence-corrected chi connectivity index (χ4v) is 1.32. The Kier molecular flexibility index (Phi) is 2.49. The second-order valence-corrected chi connectivity index (χ2v) is 3.01. The van der Waals surface area contributed by atoms with Crippen molar-refractivity contribution in [3.63, 3.8) is 0 Å². The minimum Gasteiger partial charge on any atom is -0.496 e. The van der Waals surface area contributed by atoms with Crippen LogP contribution in [0.3, 0.4) is 0 Å². The average Bonchev–Trinajstić information content (AvgIpc) is 2.65. The lowest BCUT2D eigenvalue weighted by Gasteiger charge is -2.07. The zero-order chi connectivity index (χ0) is 10.7. The average molecular weight is 205 g/mol. The molecule has 0 fully saturated rings. The molecule has 0 unspecified atom stereocenters. The van der Waals surface area contributed by atoms with Crippen LogP contribution in [-0.4, -0.2) is 27.3 Å². The van der Waals surface area contributed by atoms with Gasteiger partial charge in [-0.3, -0.25) is 0 Å². The van der Waals surface area contributed by atoms with Crippen molar-refractivity contribution in [3.8, 4) is 5.75 Å². The van der Waals surface area contributed by atoms with Crippen LogP contribution in [0.4, 0.5) is 5.95 Å². The van der Waals surface area contributed by atoms with Gasteiger partial charge < -0.3 is 10.5 Å². The van der Waals surface area contributed by atoms with Crippen LogP contribution in [0.2, 0.25) is 0 Å². The minimum absolute atomic E-state index is 0.293. The Hall–Kier alpha value is -2.11. The molecule has 0 saturated heterocycles. The molecule has 6 nitrogen and oxygen atoms in total. The molecule has 2 aromatic rings. The molecule has 0 atom stereocenters. The predicted octanol–water partition coefficient (Wildman–Crippen LogP) is 0.312. The molecule has 6 heteroatoms. The Balaban J connectivity index is 2.28. The third kappa shape index (κ3) is 1.88. The second-order valence-electron chi connectivity index (χ2n) is 3.01. The third-order valence-corrected chi connectivity index (χ3v) is 2.07. The first kappa shape index (κ1) is 9.45. The van der Waals surface area contributed by atoms with Crippen molar-refractivity contribution in [2.75, 3.05) is 12.8 Å². The number of nitrogen functional groups attached to an aromatic ring is 1. The van der Waals surface area contributed by atoms with Crippen molar-refractivity contribution in [1.29, 1.82) is 0 Å². The first-order valence-corrected chi connectivity index (χ1v) is 4.45. The molecule has 0 bridgehead atoms. The molecule has 78 valence electrons. The molecule has 0 aliphatic carbocycles. The first-order valence-electron chi connectivity index (χ1n) is 4.45. The summed E-state index contributed by atoms with van der Waals surface area (Å²) in [5, 5.41) is 10.8. The van der Waals surface area contributed by atoms with Crippen LogP contribution < -0.4 is 10.5 Å². The van der Waals surface area contributed by atoms with Gasteiger partial charge in [0.15, 0.2) is 0 Å². The Morgan fingerprint density at radius 1 is 1.40 bits per heavy atom. The van der Waals surface area contributed by atoms with Gasteiger partial charge in [-0.15, -0.1) is 0 Å². The number of nitrogens with zero attached hydrogens (tertiary/aromatic N) is 4. The lowest BCUT2D eigenvalue weighted by molar-refractivity contribution is 0.407. The molecule has 0 saturated carbocycles. The summed E-state index contributed by atoms with van der Waals surface area (Å²) in [5.41, 5.74) is 6.55. The smallest absolute Gasteiger partial charge is 0.240 e. The molecule has 0 aliphatic heterocycles. The summed E-state index contributed by atoms with van der Waals surface area (Å²) in [6.45, 7) is 0.503. The number of aromatic nitrogens is 4. The van der Waals surface area contributed by atoms with E-state index in [2.05, 4.69) is 15.5 Å². The summed E-state index contributed by atoms with van der Waals surface area (Å²) in [5.74, 6) is 1.09. The number of benzene rings is 1. The number of methoxy groups -OCH3 is 1. The summed E-state index contributed by atoms with van der Waals surface area (Å²) < 4.78 is 6.72. The summed E-state index contributed by atoms with van der Waals surface area (Å²) in [4.78, 5) is 0. The number of hydrogen-bond donors (Lipinski definition) is 1. The number of nitrogens with two attached hydrogens (primary N) is 1. The van der Waals surface area contributed by atoms with Gasteiger partial charge in [-0.2, -0.15) is 0 Å². The number of para-hydroxylation sites is 1. The molecule has 1 aromatic carbocycles. The lowest BCUT2D eigenvalue weighted by atomic mass is 10.2. The molecule has 1 aromatic heterocycles. The second kappa shape index (κ2) is 3.95. The van der Waals surface area contributed by atoms with E-state index in [4.69, 9.17) is 10.5 Å². The first-order chi connectivity index (χ1) is 7.31. The van der Waals surface area contributed by atoms with Crippen molar-refractivity contribution in [1.82, 2.24) is 20.2 Å². The van der Waals surface area contributed by atoms with Crippen molar-refractivity contribution in [3.05, 3.63) is 29.8 Å². The van der Waals surface area contributed by atoms with E-state index in [0.29, 0.717) is 12.5 Å². The number of ether oxygens (including phenoxy) is 1. The van der Waals surface area contributed by atoms with Crippen LogP contribution in [-0.2, 0) is 6.54 Å². The van der Waals surface area contributed by atoms with Gasteiger partial charge in [0.2, 0.25) is 5.95 Å². The topological polar surface area (TPSA) is 78.8 Å². The van der Waals surface area contributed by atoms with Crippen molar-refractivity contribution >= 4 is 5.95 Å². The fraction of sp³-hybridized carbons (Fsp3) is 0.222. The highest BCUT2D eigenvalue weighted by molar-refractivity contribution is 5.33. The molecule has 0 amide bonds. The highest BCUT2D eigenvalue weighted by atomic mass is 16.5. The standard InChI is InChI=1S/C9H11N5O/c1-15-8-5-3-2-4-7(8)6-14-9(10)11-12-13-14/h2-5H,6H2,1H3,(H2,10,11,13). The Morgan fingerprint density at radius 2 is 2.20 bits per heavy atom. The van der Waals surface area contributed by atoms with Gasteiger partial charge in [0, 0.05) is 5.56 Å². The van der Waals surface area contributed by atoms with Gasteiger partial charge in [0.1, 0.15) is 5.75 Å². The van der Waals surface area contributed by atoms with Gasteiger partial charge >= 0.3 is 0 Å². The summed E-state index contributed by atoms with van der Waals surface area (Å²) in [6.07, 6.45) is 0. The van der Waals surface area contributed by atoms with Crippen molar-refractivity contribution < 1.29 is 4.74 Å². The number of hydrogen-bond acceptors (Lipinski definition) is 5. The van der Waals surface area contributed by atoms with E-state index in [1.165, 1.54) is 4.68 Å². The Morgan fingerprint density at radius 3 is 2.87 bits per heavy atom. The summed E-state index contributed by atoms with van der Waals surface area (Å²) in [6, 6.07) is 7.67. The zero-order valence-electron chi connectivity index (χ0n) is 8.29. The van der Waals surface area contributed by atoms with Crippen LogP contribution in [0.25, 0.3) is 0 Å². The van der Waals surface area contributed by atoms with Gasteiger partial charge in [-0.05, 0) is 16.5 Å². The van der Waals surface area contributed by atoms with Gasteiger partial charge in [0.25, 0.3) is 0 Å². The van der Waals surface area contributed by atoms with E-state index in [0.717, 1.165) is 11.3 Å². The molecular weight excluding hydrogens is 194 g/mol. The quantitative estimate of drug-likeness (QED) is 0.780. The molecule has 0 aliphatic rings. The highest BCUT2D eigenvalue weighted by Gasteiger charge is 2.06. The molecule has 2 N–H and O–H groups in total. The van der Waals surface area contributed by atoms with Crippen LogP contribution in [0.5, 0.6) is 5.75 Å².